The monoisotopic (exact) mass is 396 g/mol. The Morgan fingerprint density at radius 3 is 2.03 bits per heavy atom. The summed E-state index contributed by atoms with van der Waals surface area (Å²) in [6.45, 7) is 2.34. The molecule has 0 spiro atoms. The van der Waals surface area contributed by atoms with Gasteiger partial charge in [-0.1, -0.05) is 24.3 Å². The highest BCUT2D eigenvalue weighted by molar-refractivity contribution is 5.80. The lowest BCUT2D eigenvalue weighted by Gasteiger charge is -2.35. The average molecular weight is 396 g/mol. The summed E-state index contributed by atoms with van der Waals surface area (Å²) in [4.78, 5) is 28.8. The average Bonchev–Trinajstić information content (AvgIpc) is 2.78. The molecule has 2 aromatic carbocycles. The van der Waals surface area contributed by atoms with Crippen molar-refractivity contribution in [2.24, 2.45) is 0 Å². The van der Waals surface area contributed by atoms with Gasteiger partial charge in [0.05, 0.1) is 20.6 Å². The van der Waals surface area contributed by atoms with E-state index in [1.807, 2.05) is 58.3 Å². The van der Waals surface area contributed by atoms with E-state index >= 15 is 0 Å². The second kappa shape index (κ2) is 9.96. The molecule has 2 aromatic rings. The van der Waals surface area contributed by atoms with Crippen LogP contribution in [0.1, 0.15) is 17.5 Å². The molecule has 6 nitrogen and oxygen atoms in total. The fourth-order valence-corrected chi connectivity index (χ4v) is 3.47. The van der Waals surface area contributed by atoms with Gasteiger partial charge in [-0.25, -0.2) is 0 Å². The van der Waals surface area contributed by atoms with Crippen molar-refractivity contribution in [1.82, 2.24) is 9.80 Å². The van der Waals surface area contributed by atoms with Gasteiger partial charge in [0.25, 0.3) is 0 Å². The number of amides is 2. The first-order valence-corrected chi connectivity index (χ1v) is 9.90. The number of benzene rings is 2. The normalized spacial score (nSPS) is 13.9. The quantitative estimate of drug-likeness (QED) is 0.722. The molecule has 1 saturated heterocycles. The molecule has 2 amide bonds. The molecule has 0 radical (unpaired) electrons. The molecule has 3 rings (SSSR count). The number of ether oxygens (including phenoxy) is 2. The fourth-order valence-electron chi connectivity index (χ4n) is 3.47. The summed E-state index contributed by atoms with van der Waals surface area (Å²) in [6, 6.07) is 15.3. The van der Waals surface area contributed by atoms with Crippen LogP contribution in [0.2, 0.25) is 0 Å². The van der Waals surface area contributed by atoms with E-state index in [2.05, 4.69) is 0 Å². The number of aryl methyl sites for hydroxylation is 1. The van der Waals surface area contributed by atoms with Gasteiger partial charge in [0.1, 0.15) is 11.5 Å². The number of carbonyl (C=O) groups excluding carboxylic acids is 2. The Balaban J connectivity index is 1.43. The molecule has 0 bridgehead atoms. The molecule has 1 aliphatic rings. The van der Waals surface area contributed by atoms with Crippen molar-refractivity contribution in [2.75, 3.05) is 40.4 Å². The van der Waals surface area contributed by atoms with Crippen LogP contribution in [0.15, 0.2) is 48.5 Å². The van der Waals surface area contributed by atoms with Crippen LogP contribution in [0.25, 0.3) is 0 Å². The number of rotatable bonds is 7. The van der Waals surface area contributed by atoms with E-state index in [1.165, 1.54) is 0 Å². The van der Waals surface area contributed by atoms with Crippen molar-refractivity contribution < 1.29 is 19.1 Å². The second-order valence-corrected chi connectivity index (χ2v) is 7.14. The number of hydrogen-bond donors (Lipinski definition) is 0. The lowest BCUT2D eigenvalue weighted by Crippen LogP contribution is -2.51. The van der Waals surface area contributed by atoms with E-state index in [1.54, 1.807) is 14.2 Å². The fraction of sp³-hybridized carbons (Fsp3) is 0.391. The van der Waals surface area contributed by atoms with E-state index in [-0.39, 0.29) is 11.8 Å². The zero-order valence-electron chi connectivity index (χ0n) is 17.1. The van der Waals surface area contributed by atoms with Gasteiger partial charge in [0.15, 0.2) is 0 Å². The molecule has 0 aliphatic carbocycles. The van der Waals surface area contributed by atoms with Crippen LogP contribution in [0.4, 0.5) is 0 Å². The molecule has 6 heteroatoms. The first-order chi connectivity index (χ1) is 14.1. The smallest absolute Gasteiger partial charge is 0.227 e. The molecule has 0 atom stereocenters. The third-order valence-electron chi connectivity index (χ3n) is 5.26. The number of hydrogen-bond acceptors (Lipinski definition) is 4. The summed E-state index contributed by atoms with van der Waals surface area (Å²) in [5.41, 5.74) is 2.05. The number of carbonyl (C=O) groups is 2. The van der Waals surface area contributed by atoms with E-state index in [0.29, 0.717) is 45.4 Å². The largest absolute Gasteiger partial charge is 0.497 e. The molecule has 154 valence electrons. The van der Waals surface area contributed by atoms with Gasteiger partial charge in [0.2, 0.25) is 11.8 Å². The first-order valence-electron chi connectivity index (χ1n) is 9.90. The molecule has 0 aromatic heterocycles. The van der Waals surface area contributed by atoms with Crippen molar-refractivity contribution >= 4 is 11.8 Å². The highest BCUT2D eigenvalue weighted by Gasteiger charge is 2.24. The number of nitrogens with zero attached hydrogens (tertiary/aromatic N) is 2. The van der Waals surface area contributed by atoms with Crippen molar-refractivity contribution in [1.29, 1.82) is 0 Å². The first kappa shape index (κ1) is 20.7. The molecule has 0 saturated carbocycles. The Bertz CT molecular complexity index is 827. The van der Waals surface area contributed by atoms with Gasteiger partial charge >= 0.3 is 0 Å². The van der Waals surface area contributed by atoms with Crippen molar-refractivity contribution in [2.45, 2.75) is 19.3 Å². The summed E-state index contributed by atoms with van der Waals surface area (Å²) in [7, 11) is 3.26. The second-order valence-electron chi connectivity index (χ2n) is 7.14. The third-order valence-corrected chi connectivity index (χ3v) is 5.26. The van der Waals surface area contributed by atoms with Gasteiger partial charge in [0, 0.05) is 32.6 Å². The lowest BCUT2D eigenvalue weighted by atomic mass is 10.1. The topological polar surface area (TPSA) is 59.1 Å². The molecule has 0 unspecified atom stereocenters. The Labute approximate surface area is 172 Å². The summed E-state index contributed by atoms with van der Waals surface area (Å²) < 4.78 is 10.4. The van der Waals surface area contributed by atoms with Gasteiger partial charge in [-0.05, 0) is 41.8 Å². The van der Waals surface area contributed by atoms with E-state index in [9.17, 15) is 9.59 Å². The zero-order chi connectivity index (χ0) is 20.6. The van der Waals surface area contributed by atoms with Gasteiger partial charge in [-0.15, -0.1) is 0 Å². The molecule has 29 heavy (non-hydrogen) atoms. The number of methoxy groups -OCH3 is 2. The Morgan fingerprint density at radius 1 is 0.793 bits per heavy atom. The Morgan fingerprint density at radius 2 is 1.41 bits per heavy atom. The van der Waals surface area contributed by atoms with Crippen molar-refractivity contribution in [3.63, 3.8) is 0 Å². The maximum absolute atomic E-state index is 12.5. The molecule has 1 aliphatic heterocycles. The predicted octanol–water partition coefficient (Wildman–Crippen LogP) is 2.55. The van der Waals surface area contributed by atoms with E-state index < -0.39 is 0 Å². The standard InChI is InChI=1S/C23H28N2O4/c1-28-20-9-6-19(7-10-20)17-23(27)25-14-12-24(13-15-25)22(26)11-8-18-4-3-5-21(16-18)29-2/h3-7,9-10,16H,8,11-15,17H2,1-2H3. The minimum Gasteiger partial charge on any atom is -0.497 e. The van der Waals surface area contributed by atoms with Gasteiger partial charge in [-0.3, -0.25) is 9.59 Å². The molecule has 1 fully saturated rings. The van der Waals surface area contributed by atoms with Crippen molar-refractivity contribution in [3.8, 4) is 11.5 Å². The molecular formula is C23H28N2O4. The third kappa shape index (κ3) is 5.73. The minimum absolute atomic E-state index is 0.0960. The van der Waals surface area contributed by atoms with Crippen LogP contribution in [-0.4, -0.2) is 62.0 Å². The zero-order valence-corrected chi connectivity index (χ0v) is 17.1. The van der Waals surface area contributed by atoms with Crippen LogP contribution < -0.4 is 9.47 Å². The molecule has 1 heterocycles. The molecular weight excluding hydrogens is 368 g/mol. The Kier molecular flexibility index (Phi) is 7.11. The maximum Gasteiger partial charge on any atom is 0.227 e. The van der Waals surface area contributed by atoms with Gasteiger partial charge < -0.3 is 19.3 Å². The summed E-state index contributed by atoms with van der Waals surface area (Å²) in [5, 5.41) is 0. The van der Waals surface area contributed by atoms with Crippen LogP contribution in [-0.2, 0) is 22.4 Å². The van der Waals surface area contributed by atoms with E-state index in [4.69, 9.17) is 9.47 Å². The highest BCUT2D eigenvalue weighted by Crippen LogP contribution is 2.16. The lowest BCUT2D eigenvalue weighted by molar-refractivity contribution is -0.139. The molecule has 0 N–H and O–H groups in total. The maximum atomic E-state index is 12.5. The predicted molar refractivity (Wildman–Crippen MR) is 111 cm³/mol. The van der Waals surface area contributed by atoms with Crippen LogP contribution in [0.3, 0.4) is 0 Å². The van der Waals surface area contributed by atoms with E-state index in [0.717, 1.165) is 22.6 Å². The Hall–Kier alpha value is -3.02. The summed E-state index contributed by atoms with van der Waals surface area (Å²) >= 11 is 0. The van der Waals surface area contributed by atoms with Crippen LogP contribution >= 0.6 is 0 Å². The highest BCUT2D eigenvalue weighted by atomic mass is 16.5. The van der Waals surface area contributed by atoms with Gasteiger partial charge in [-0.2, -0.15) is 0 Å². The van der Waals surface area contributed by atoms with Crippen LogP contribution in [0, 0.1) is 0 Å². The number of piperazine rings is 1. The van der Waals surface area contributed by atoms with Crippen LogP contribution in [0.5, 0.6) is 11.5 Å². The summed E-state index contributed by atoms with van der Waals surface area (Å²) in [6.07, 6.45) is 1.52. The SMILES string of the molecule is COc1ccc(CC(=O)N2CCN(C(=O)CCc3cccc(OC)c3)CC2)cc1. The summed E-state index contributed by atoms with van der Waals surface area (Å²) in [5.74, 6) is 1.81. The van der Waals surface area contributed by atoms with Crippen molar-refractivity contribution in [3.05, 3.63) is 59.7 Å². The minimum atomic E-state index is 0.0960.